The molecule has 5 nitrogen and oxygen atoms in total. The summed E-state index contributed by atoms with van der Waals surface area (Å²) >= 11 is 0. The van der Waals surface area contributed by atoms with Crippen LogP contribution in [0.3, 0.4) is 0 Å². The Morgan fingerprint density at radius 2 is 2.00 bits per heavy atom. The van der Waals surface area contributed by atoms with Crippen LogP contribution in [0.4, 0.5) is 4.79 Å². The quantitative estimate of drug-likeness (QED) is 0.766. The summed E-state index contributed by atoms with van der Waals surface area (Å²) in [7, 11) is 0. The normalized spacial score (nSPS) is 17.1. The summed E-state index contributed by atoms with van der Waals surface area (Å²) in [5.74, 6) is -0.224. The molecular weight excluding hydrogens is 234 g/mol. The molecule has 104 valence electrons. The predicted octanol–water partition coefficient (Wildman–Crippen LogP) is 2.54. The highest BCUT2D eigenvalue weighted by Gasteiger charge is 2.25. The maximum absolute atomic E-state index is 11.5. The third kappa shape index (κ3) is 6.47. The van der Waals surface area contributed by atoms with E-state index in [9.17, 15) is 9.59 Å². The summed E-state index contributed by atoms with van der Waals surface area (Å²) in [6.45, 7) is 5.24. The molecule has 1 aliphatic rings. The molecule has 0 aromatic rings. The second-order valence-corrected chi connectivity index (χ2v) is 5.91. The first kappa shape index (κ1) is 14.8. The third-order valence-corrected chi connectivity index (χ3v) is 2.79. The second kappa shape index (κ2) is 6.07. The molecule has 0 radical (unpaired) electrons. The molecule has 0 spiro atoms. The van der Waals surface area contributed by atoms with E-state index in [4.69, 9.17) is 9.84 Å². The highest BCUT2D eigenvalue weighted by atomic mass is 16.6. The molecule has 1 atom stereocenters. The fraction of sp³-hybridized carbons (Fsp3) is 0.846. The highest BCUT2D eigenvalue weighted by Crippen LogP contribution is 2.34. The summed E-state index contributed by atoms with van der Waals surface area (Å²) in [4.78, 5) is 22.5. The lowest BCUT2D eigenvalue weighted by atomic mass is 10.1. The SMILES string of the molecule is CC(C)(C)OC(=O)N[C@@H](CCCC1CC1)C(=O)O. The van der Waals surface area contributed by atoms with Crippen molar-refractivity contribution in [2.24, 2.45) is 5.92 Å². The number of rotatable bonds is 6. The van der Waals surface area contributed by atoms with Gasteiger partial charge >= 0.3 is 12.1 Å². The molecule has 1 saturated carbocycles. The Balaban J connectivity index is 2.31. The van der Waals surface area contributed by atoms with E-state index in [0.717, 1.165) is 18.8 Å². The Morgan fingerprint density at radius 3 is 2.44 bits per heavy atom. The van der Waals surface area contributed by atoms with E-state index >= 15 is 0 Å². The summed E-state index contributed by atoms with van der Waals surface area (Å²) < 4.78 is 5.04. The van der Waals surface area contributed by atoms with Crippen LogP contribution in [-0.2, 0) is 9.53 Å². The van der Waals surface area contributed by atoms with E-state index in [1.165, 1.54) is 12.8 Å². The van der Waals surface area contributed by atoms with Gasteiger partial charge in [-0.15, -0.1) is 0 Å². The van der Waals surface area contributed by atoms with Crippen LogP contribution in [-0.4, -0.2) is 28.8 Å². The Bertz CT molecular complexity index is 305. The van der Waals surface area contributed by atoms with Gasteiger partial charge in [-0.3, -0.25) is 0 Å². The van der Waals surface area contributed by atoms with Crippen molar-refractivity contribution in [1.29, 1.82) is 0 Å². The lowest BCUT2D eigenvalue weighted by Gasteiger charge is -2.22. The largest absolute Gasteiger partial charge is 0.480 e. The molecule has 1 rings (SSSR count). The van der Waals surface area contributed by atoms with Gasteiger partial charge in [0, 0.05) is 0 Å². The molecule has 5 heteroatoms. The van der Waals surface area contributed by atoms with Gasteiger partial charge in [-0.1, -0.05) is 25.7 Å². The molecule has 0 aromatic carbocycles. The highest BCUT2D eigenvalue weighted by molar-refractivity contribution is 5.79. The van der Waals surface area contributed by atoms with Gasteiger partial charge in [0.15, 0.2) is 0 Å². The minimum absolute atomic E-state index is 0.463. The number of carbonyl (C=O) groups is 2. The smallest absolute Gasteiger partial charge is 0.408 e. The van der Waals surface area contributed by atoms with Crippen molar-refractivity contribution in [3.63, 3.8) is 0 Å². The van der Waals surface area contributed by atoms with Gasteiger partial charge in [0.25, 0.3) is 0 Å². The van der Waals surface area contributed by atoms with Gasteiger partial charge in [-0.25, -0.2) is 9.59 Å². The molecule has 0 bridgehead atoms. The van der Waals surface area contributed by atoms with E-state index in [1.54, 1.807) is 20.8 Å². The van der Waals surface area contributed by atoms with Gasteiger partial charge in [-0.2, -0.15) is 0 Å². The van der Waals surface area contributed by atoms with Crippen molar-refractivity contribution in [2.45, 2.75) is 64.5 Å². The zero-order valence-corrected chi connectivity index (χ0v) is 11.4. The molecule has 1 amide bonds. The molecule has 0 aromatic heterocycles. The Labute approximate surface area is 108 Å². The molecule has 0 unspecified atom stereocenters. The van der Waals surface area contributed by atoms with Crippen molar-refractivity contribution >= 4 is 12.1 Å². The maximum atomic E-state index is 11.5. The van der Waals surface area contributed by atoms with Crippen molar-refractivity contribution in [3.8, 4) is 0 Å². The van der Waals surface area contributed by atoms with Crippen LogP contribution < -0.4 is 5.32 Å². The van der Waals surface area contributed by atoms with E-state index in [-0.39, 0.29) is 0 Å². The summed E-state index contributed by atoms with van der Waals surface area (Å²) in [6, 6.07) is -0.849. The number of ether oxygens (including phenoxy) is 1. The zero-order chi connectivity index (χ0) is 13.8. The van der Waals surface area contributed by atoms with Crippen LogP contribution >= 0.6 is 0 Å². The zero-order valence-electron chi connectivity index (χ0n) is 11.4. The number of carboxylic acids is 1. The van der Waals surface area contributed by atoms with Gasteiger partial charge < -0.3 is 15.2 Å². The van der Waals surface area contributed by atoms with Crippen molar-refractivity contribution in [1.82, 2.24) is 5.32 Å². The molecule has 0 aliphatic heterocycles. The molecule has 1 fully saturated rings. The van der Waals surface area contributed by atoms with E-state index < -0.39 is 23.7 Å². The van der Waals surface area contributed by atoms with Gasteiger partial charge in [-0.05, 0) is 33.1 Å². The van der Waals surface area contributed by atoms with E-state index in [0.29, 0.717) is 6.42 Å². The molecule has 0 heterocycles. The molecule has 2 N–H and O–H groups in total. The molecular formula is C13H23NO4. The molecule has 1 aliphatic carbocycles. The fourth-order valence-electron chi connectivity index (χ4n) is 1.72. The Hall–Kier alpha value is -1.26. The van der Waals surface area contributed by atoms with E-state index in [2.05, 4.69) is 5.32 Å². The van der Waals surface area contributed by atoms with Crippen LogP contribution in [0, 0.1) is 5.92 Å². The number of hydrogen-bond donors (Lipinski definition) is 2. The summed E-state index contributed by atoms with van der Waals surface area (Å²) in [5.41, 5.74) is -0.610. The number of nitrogens with one attached hydrogen (secondary N) is 1. The van der Waals surface area contributed by atoms with Crippen molar-refractivity contribution in [3.05, 3.63) is 0 Å². The minimum Gasteiger partial charge on any atom is -0.480 e. The summed E-state index contributed by atoms with van der Waals surface area (Å²) in [6.07, 6.45) is 4.21. The van der Waals surface area contributed by atoms with E-state index in [1.807, 2.05) is 0 Å². The third-order valence-electron chi connectivity index (χ3n) is 2.79. The second-order valence-electron chi connectivity index (χ2n) is 5.91. The van der Waals surface area contributed by atoms with Crippen molar-refractivity contribution in [2.75, 3.05) is 0 Å². The molecule has 0 saturated heterocycles. The average molecular weight is 257 g/mol. The van der Waals surface area contributed by atoms with Crippen LogP contribution in [0.5, 0.6) is 0 Å². The number of aliphatic carboxylic acids is 1. The lowest BCUT2D eigenvalue weighted by Crippen LogP contribution is -2.43. The minimum atomic E-state index is -1.00. The average Bonchev–Trinajstić information content (AvgIpc) is 2.96. The number of amides is 1. The maximum Gasteiger partial charge on any atom is 0.408 e. The predicted molar refractivity (Wildman–Crippen MR) is 67.4 cm³/mol. The van der Waals surface area contributed by atoms with Crippen LogP contribution in [0.2, 0.25) is 0 Å². The van der Waals surface area contributed by atoms with Crippen molar-refractivity contribution < 1.29 is 19.4 Å². The fourth-order valence-corrected chi connectivity index (χ4v) is 1.72. The first-order valence-electron chi connectivity index (χ1n) is 6.50. The topological polar surface area (TPSA) is 75.6 Å². The monoisotopic (exact) mass is 257 g/mol. The Kier molecular flexibility index (Phi) is 4.99. The van der Waals surface area contributed by atoms with Gasteiger partial charge in [0.2, 0.25) is 0 Å². The number of carbonyl (C=O) groups excluding carboxylic acids is 1. The Morgan fingerprint density at radius 1 is 1.39 bits per heavy atom. The standard InChI is InChI=1S/C13H23NO4/c1-13(2,3)18-12(17)14-10(11(15)16)6-4-5-9-7-8-9/h9-10H,4-8H2,1-3H3,(H,14,17)(H,15,16)/t10-/m0/s1. The number of carboxylic acid groups (broad SMARTS) is 1. The van der Waals surface area contributed by atoms with Gasteiger partial charge in [0.1, 0.15) is 11.6 Å². The number of alkyl carbamates (subject to hydrolysis) is 1. The van der Waals surface area contributed by atoms with Crippen LogP contribution in [0.1, 0.15) is 52.9 Å². The summed E-state index contributed by atoms with van der Waals surface area (Å²) in [5, 5.41) is 11.4. The number of hydrogen-bond acceptors (Lipinski definition) is 3. The van der Waals surface area contributed by atoms with Crippen LogP contribution in [0.25, 0.3) is 0 Å². The van der Waals surface area contributed by atoms with Gasteiger partial charge in [0.05, 0.1) is 0 Å². The molecule has 18 heavy (non-hydrogen) atoms. The first-order valence-corrected chi connectivity index (χ1v) is 6.50. The first-order chi connectivity index (χ1) is 8.28. The van der Waals surface area contributed by atoms with Crippen LogP contribution in [0.15, 0.2) is 0 Å². The lowest BCUT2D eigenvalue weighted by molar-refractivity contribution is -0.139.